The first-order valence-corrected chi connectivity index (χ1v) is 6.36. The summed E-state index contributed by atoms with van der Waals surface area (Å²) in [5.41, 5.74) is 0.427. The summed E-state index contributed by atoms with van der Waals surface area (Å²) in [5.74, 6) is -1.48. The van der Waals surface area contributed by atoms with Crippen LogP contribution in [-0.2, 0) is 0 Å². The molecular formula is C10H8N2O3S2. The fraction of sp³-hybridized carbons (Fsp3) is 0.200. The molecule has 0 spiro atoms. The standard InChI is InChI=1S/C10H8N2O3S2/c1-4(13)8-7(10(14)15)12-9(17-8)6-3-16-5(2)11-6/h3H,1-2H3,(H,14,15). The molecule has 2 aromatic rings. The number of carboxylic acid groups (broad SMARTS) is 1. The Morgan fingerprint density at radius 2 is 2.06 bits per heavy atom. The van der Waals surface area contributed by atoms with E-state index in [4.69, 9.17) is 5.11 Å². The molecule has 0 saturated carbocycles. The summed E-state index contributed by atoms with van der Waals surface area (Å²) in [6, 6.07) is 0. The van der Waals surface area contributed by atoms with Gasteiger partial charge in [0, 0.05) is 12.3 Å². The van der Waals surface area contributed by atoms with E-state index in [2.05, 4.69) is 9.97 Å². The molecule has 0 aliphatic rings. The highest BCUT2D eigenvalue weighted by molar-refractivity contribution is 7.17. The predicted molar refractivity (Wildman–Crippen MR) is 64.9 cm³/mol. The molecule has 5 nitrogen and oxygen atoms in total. The van der Waals surface area contributed by atoms with E-state index >= 15 is 0 Å². The summed E-state index contributed by atoms with van der Waals surface area (Å²) in [4.78, 5) is 30.6. The van der Waals surface area contributed by atoms with Crippen molar-refractivity contribution in [2.45, 2.75) is 13.8 Å². The lowest BCUT2D eigenvalue weighted by Gasteiger charge is -1.89. The monoisotopic (exact) mass is 268 g/mol. The van der Waals surface area contributed by atoms with Crippen LogP contribution in [0.15, 0.2) is 5.38 Å². The molecule has 88 valence electrons. The van der Waals surface area contributed by atoms with Crippen molar-refractivity contribution in [3.05, 3.63) is 21.0 Å². The summed E-state index contributed by atoms with van der Waals surface area (Å²) in [7, 11) is 0. The number of carboxylic acids is 1. The van der Waals surface area contributed by atoms with Gasteiger partial charge in [0.15, 0.2) is 11.5 Å². The molecule has 17 heavy (non-hydrogen) atoms. The van der Waals surface area contributed by atoms with Crippen molar-refractivity contribution >= 4 is 34.4 Å². The number of carbonyl (C=O) groups excluding carboxylic acids is 1. The molecule has 0 aliphatic heterocycles. The molecule has 0 aromatic carbocycles. The highest BCUT2D eigenvalue weighted by Gasteiger charge is 2.21. The van der Waals surface area contributed by atoms with E-state index in [0.29, 0.717) is 10.7 Å². The van der Waals surface area contributed by atoms with Gasteiger partial charge in [-0.2, -0.15) is 0 Å². The summed E-state index contributed by atoms with van der Waals surface area (Å²) in [6.07, 6.45) is 0. The van der Waals surface area contributed by atoms with Crippen molar-refractivity contribution in [1.29, 1.82) is 0 Å². The van der Waals surface area contributed by atoms with Crippen molar-refractivity contribution in [3.63, 3.8) is 0 Å². The Bertz CT molecular complexity index is 569. The molecule has 0 aliphatic carbocycles. The summed E-state index contributed by atoms with van der Waals surface area (Å²) >= 11 is 2.52. The molecule has 0 bridgehead atoms. The average molecular weight is 268 g/mol. The topological polar surface area (TPSA) is 80.2 Å². The quantitative estimate of drug-likeness (QED) is 0.865. The van der Waals surface area contributed by atoms with Crippen LogP contribution in [0.2, 0.25) is 0 Å². The first kappa shape index (κ1) is 11.9. The fourth-order valence-corrected chi connectivity index (χ4v) is 2.86. The lowest BCUT2D eigenvalue weighted by molar-refractivity contribution is 0.0687. The van der Waals surface area contributed by atoms with Crippen LogP contribution in [0, 0.1) is 6.92 Å². The van der Waals surface area contributed by atoms with Gasteiger partial charge >= 0.3 is 5.97 Å². The van der Waals surface area contributed by atoms with Crippen LogP contribution in [0.5, 0.6) is 0 Å². The van der Waals surface area contributed by atoms with Crippen LogP contribution in [0.3, 0.4) is 0 Å². The van der Waals surface area contributed by atoms with Crippen molar-refractivity contribution in [3.8, 4) is 10.7 Å². The van der Waals surface area contributed by atoms with Crippen molar-refractivity contribution in [2.75, 3.05) is 0 Å². The molecule has 0 fully saturated rings. The molecule has 0 radical (unpaired) electrons. The largest absolute Gasteiger partial charge is 0.476 e. The van der Waals surface area contributed by atoms with Gasteiger partial charge in [-0.3, -0.25) is 4.79 Å². The van der Waals surface area contributed by atoms with E-state index in [0.717, 1.165) is 16.3 Å². The number of aryl methyl sites for hydroxylation is 1. The third-order valence-corrected chi connectivity index (χ3v) is 3.94. The molecule has 7 heteroatoms. The number of aromatic carboxylic acids is 1. The minimum Gasteiger partial charge on any atom is -0.476 e. The Morgan fingerprint density at radius 1 is 1.35 bits per heavy atom. The predicted octanol–water partition coefficient (Wildman–Crippen LogP) is 2.48. The van der Waals surface area contributed by atoms with Gasteiger partial charge in [0.2, 0.25) is 0 Å². The second-order valence-corrected chi connectivity index (χ2v) is 5.37. The maximum absolute atomic E-state index is 11.3. The van der Waals surface area contributed by atoms with E-state index < -0.39 is 5.97 Å². The van der Waals surface area contributed by atoms with Gasteiger partial charge in [0.25, 0.3) is 0 Å². The number of aromatic nitrogens is 2. The van der Waals surface area contributed by atoms with E-state index in [1.807, 2.05) is 6.92 Å². The zero-order valence-electron chi connectivity index (χ0n) is 9.05. The molecule has 0 saturated heterocycles. The van der Waals surface area contributed by atoms with E-state index in [-0.39, 0.29) is 16.4 Å². The van der Waals surface area contributed by atoms with E-state index in [1.165, 1.54) is 18.3 Å². The summed E-state index contributed by atoms with van der Waals surface area (Å²) in [6.45, 7) is 3.18. The maximum Gasteiger partial charge on any atom is 0.356 e. The molecule has 0 unspecified atom stereocenters. The Hall–Kier alpha value is -1.60. The second kappa shape index (κ2) is 4.34. The fourth-order valence-electron chi connectivity index (χ4n) is 1.27. The molecule has 1 N–H and O–H groups in total. The third-order valence-electron chi connectivity index (χ3n) is 1.99. The van der Waals surface area contributed by atoms with Crippen molar-refractivity contribution in [2.24, 2.45) is 0 Å². The highest BCUT2D eigenvalue weighted by Crippen LogP contribution is 2.29. The van der Waals surface area contributed by atoms with Gasteiger partial charge in [-0.05, 0) is 6.92 Å². The normalized spacial score (nSPS) is 10.5. The number of nitrogens with zero attached hydrogens (tertiary/aromatic N) is 2. The van der Waals surface area contributed by atoms with Gasteiger partial charge in [-0.1, -0.05) is 0 Å². The van der Waals surface area contributed by atoms with Gasteiger partial charge in [0.05, 0.1) is 5.01 Å². The number of rotatable bonds is 3. The van der Waals surface area contributed by atoms with Gasteiger partial charge in [-0.25, -0.2) is 14.8 Å². The first-order valence-electron chi connectivity index (χ1n) is 4.66. The van der Waals surface area contributed by atoms with Crippen LogP contribution >= 0.6 is 22.7 Å². The van der Waals surface area contributed by atoms with Crippen LogP contribution in [0.25, 0.3) is 10.7 Å². The van der Waals surface area contributed by atoms with Gasteiger partial charge in [0.1, 0.15) is 15.6 Å². The van der Waals surface area contributed by atoms with Crippen molar-refractivity contribution < 1.29 is 14.7 Å². The first-order chi connectivity index (χ1) is 7.99. The van der Waals surface area contributed by atoms with Gasteiger partial charge in [-0.15, -0.1) is 22.7 Å². The minimum atomic E-state index is -1.19. The Balaban J connectivity index is 2.54. The zero-order valence-corrected chi connectivity index (χ0v) is 10.7. The van der Waals surface area contributed by atoms with E-state index in [1.54, 1.807) is 5.38 Å². The van der Waals surface area contributed by atoms with E-state index in [9.17, 15) is 9.59 Å². The smallest absolute Gasteiger partial charge is 0.356 e. The number of hydrogen-bond acceptors (Lipinski definition) is 6. The zero-order chi connectivity index (χ0) is 12.6. The van der Waals surface area contributed by atoms with Crippen molar-refractivity contribution in [1.82, 2.24) is 9.97 Å². The lowest BCUT2D eigenvalue weighted by Crippen LogP contribution is -2.03. The van der Waals surface area contributed by atoms with Crippen LogP contribution in [0.4, 0.5) is 0 Å². The Kier molecular flexibility index (Phi) is 3.03. The lowest BCUT2D eigenvalue weighted by atomic mass is 10.3. The highest BCUT2D eigenvalue weighted by atomic mass is 32.1. The van der Waals surface area contributed by atoms with Crippen LogP contribution in [0.1, 0.15) is 32.1 Å². The number of ketones is 1. The molecule has 0 amide bonds. The van der Waals surface area contributed by atoms with Crippen LogP contribution in [-0.4, -0.2) is 26.8 Å². The molecule has 2 aromatic heterocycles. The Morgan fingerprint density at radius 3 is 2.47 bits per heavy atom. The molecular weight excluding hydrogens is 260 g/mol. The summed E-state index contributed by atoms with van der Waals surface area (Å²) in [5, 5.41) is 12.1. The summed E-state index contributed by atoms with van der Waals surface area (Å²) < 4.78 is 0. The minimum absolute atomic E-state index is 0.165. The van der Waals surface area contributed by atoms with Crippen LogP contribution < -0.4 is 0 Å². The van der Waals surface area contributed by atoms with Gasteiger partial charge < -0.3 is 5.11 Å². The molecule has 0 atom stereocenters. The Labute approximate surface area is 105 Å². The number of carbonyl (C=O) groups is 2. The number of hydrogen-bond donors (Lipinski definition) is 1. The third kappa shape index (κ3) is 2.25. The SMILES string of the molecule is CC(=O)c1sc(-c2csc(C)n2)nc1C(=O)O. The number of thiazole rings is 2. The number of Topliss-reactive ketones (excluding diaryl/α,β-unsaturated/α-hetero) is 1. The second-order valence-electron chi connectivity index (χ2n) is 3.31. The molecule has 2 heterocycles. The average Bonchev–Trinajstić information content (AvgIpc) is 2.82. The molecule has 2 rings (SSSR count). The maximum atomic E-state index is 11.3.